The summed E-state index contributed by atoms with van der Waals surface area (Å²) in [6.07, 6.45) is 1.46. The summed E-state index contributed by atoms with van der Waals surface area (Å²) in [5, 5.41) is 19.1. The van der Waals surface area contributed by atoms with Gasteiger partial charge in [-0.2, -0.15) is 4.68 Å². The first kappa shape index (κ1) is 16.0. The van der Waals surface area contributed by atoms with Gasteiger partial charge in [0.25, 0.3) is 5.91 Å². The number of nitrogens with one attached hydrogen (secondary N) is 2. The Kier molecular flexibility index (Phi) is 4.40. The zero-order valence-corrected chi connectivity index (χ0v) is 14.4. The van der Waals surface area contributed by atoms with Gasteiger partial charge in [0.05, 0.1) is 5.69 Å². The number of hydrogen-bond donors (Lipinski definition) is 2. The van der Waals surface area contributed by atoms with Crippen molar-refractivity contribution < 1.29 is 4.79 Å². The molecule has 0 aliphatic carbocycles. The van der Waals surface area contributed by atoms with E-state index in [0.29, 0.717) is 16.3 Å². The minimum Gasteiger partial charge on any atom is -0.356 e. The predicted molar refractivity (Wildman–Crippen MR) is 101 cm³/mol. The van der Waals surface area contributed by atoms with Crippen LogP contribution in [0.1, 0.15) is 9.67 Å². The van der Waals surface area contributed by atoms with E-state index < -0.39 is 0 Å². The van der Waals surface area contributed by atoms with Gasteiger partial charge in [0, 0.05) is 17.1 Å². The fourth-order valence-electron chi connectivity index (χ4n) is 2.44. The lowest BCUT2D eigenvalue weighted by Gasteiger charge is -2.09. The number of amides is 1. The third-order valence-corrected chi connectivity index (χ3v) is 4.55. The maximum Gasteiger partial charge on any atom is 0.267 e. The Hall–Kier alpha value is -3.52. The molecular weight excluding hydrogens is 348 g/mol. The monoisotopic (exact) mass is 362 g/mol. The molecule has 0 fully saturated rings. The van der Waals surface area contributed by atoms with Gasteiger partial charge in [0.2, 0.25) is 0 Å². The average Bonchev–Trinajstić information content (AvgIpc) is 3.35. The molecule has 0 spiro atoms. The molecule has 8 heteroatoms. The molecule has 2 heterocycles. The zero-order valence-electron chi connectivity index (χ0n) is 13.5. The molecule has 0 saturated carbocycles. The molecule has 2 aromatic heterocycles. The minimum atomic E-state index is -0.200. The normalized spacial score (nSPS) is 10.5. The standard InChI is InChI=1S/C18H14N6OS/c25-18(17-16(10-11-26-17)24-12-19-22-23-24)21-15-8-6-14(7-9-15)20-13-4-2-1-3-5-13/h1-12,20H,(H,21,25). The summed E-state index contributed by atoms with van der Waals surface area (Å²) in [6, 6.07) is 19.3. The number of carbonyl (C=O) groups is 1. The van der Waals surface area contributed by atoms with Gasteiger partial charge in [0.1, 0.15) is 11.2 Å². The van der Waals surface area contributed by atoms with Crippen molar-refractivity contribution in [1.82, 2.24) is 20.2 Å². The van der Waals surface area contributed by atoms with Crippen LogP contribution in [-0.4, -0.2) is 26.1 Å². The van der Waals surface area contributed by atoms with Crippen molar-refractivity contribution in [1.29, 1.82) is 0 Å². The molecule has 128 valence electrons. The second kappa shape index (κ2) is 7.16. The lowest BCUT2D eigenvalue weighted by atomic mass is 10.2. The summed E-state index contributed by atoms with van der Waals surface area (Å²) >= 11 is 1.34. The van der Waals surface area contributed by atoms with Gasteiger partial charge in [-0.3, -0.25) is 4.79 Å². The molecular formula is C18H14N6OS. The molecule has 0 aliphatic heterocycles. The quantitative estimate of drug-likeness (QED) is 0.565. The van der Waals surface area contributed by atoms with E-state index in [1.807, 2.05) is 66.0 Å². The summed E-state index contributed by atoms with van der Waals surface area (Å²) in [7, 11) is 0. The Morgan fingerprint density at radius 3 is 2.38 bits per heavy atom. The molecule has 0 bridgehead atoms. The Labute approximate surface area is 153 Å². The fraction of sp³-hybridized carbons (Fsp3) is 0. The highest BCUT2D eigenvalue weighted by molar-refractivity contribution is 7.12. The van der Waals surface area contributed by atoms with Crippen molar-refractivity contribution in [2.24, 2.45) is 0 Å². The third-order valence-electron chi connectivity index (χ3n) is 3.65. The summed E-state index contributed by atoms with van der Waals surface area (Å²) in [4.78, 5) is 13.1. The number of thiophene rings is 1. The van der Waals surface area contributed by atoms with E-state index in [4.69, 9.17) is 0 Å². The molecule has 4 rings (SSSR count). The van der Waals surface area contributed by atoms with Crippen LogP contribution in [0.25, 0.3) is 5.69 Å². The van der Waals surface area contributed by atoms with Gasteiger partial charge in [0.15, 0.2) is 0 Å². The average molecular weight is 362 g/mol. The zero-order chi connectivity index (χ0) is 17.8. The van der Waals surface area contributed by atoms with Crippen molar-refractivity contribution >= 4 is 34.3 Å². The molecule has 0 unspecified atom stereocenters. The number of hydrogen-bond acceptors (Lipinski definition) is 6. The molecule has 0 atom stereocenters. The maximum atomic E-state index is 12.6. The smallest absolute Gasteiger partial charge is 0.267 e. The summed E-state index contributed by atoms with van der Waals surface area (Å²) < 4.78 is 1.47. The number of carbonyl (C=O) groups excluding carboxylic acids is 1. The number of anilines is 3. The van der Waals surface area contributed by atoms with E-state index in [1.54, 1.807) is 0 Å². The van der Waals surface area contributed by atoms with Crippen molar-refractivity contribution in [3.05, 3.63) is 77.2 Å². The molecule has 0 aliphatic rings. The Bertz CT molecular complexity index is 996. The lowest BCUT2D eigenvalue weighted by molar-refractivity contribution is 0.103. The number of para-hydroxylation sites is 1. The van der Waals surface area contributed by atoms with Crippen LogP contribution in [0, 0.1) is 0 Å². The van der Waals surface area contributed by atoms with Crippen LogP contribution in [0.15, 0.2) is 72.4 Å². The first-order valence-electron chi connectivity index (χ1n) is 7.84. The first-order chi connectivity index (χ1) is 12.8. The summed E-state index contributed by atoms with van der Waals surface area (Å²) in [5.41, 5.74) is 3.32. The summed E-state index contributed by atoms with van der Waals surface area (Å²) in [6.45, 7) is 0. The number of nitrogens with zero attached hydrogens (tertiary/aromatic N) is 4. The van der Waals surface area contributed by atoms with Crippen LogP contribution in [0.2, 0.25) is 0 Å². The number of benzene rings is 2. The van der Waals surface area contributed by atoms with Crippen molar-refractivity contribution in [2.45, 2.75) is 0 Å². The first-order valence-corrected chi connectivity index (χ1v) is 8.72. The molecule has 0 saturated heterocycles. The van der Waals surface area contributed by atoms with E-state index >= 15 is 0 Å². The number of aromatic nitrogens is 4. The minimum absolute atomic E-state index is 0.200. The van der Waals surface area contributed by atoms with E-state index in [9.17, 15) is 4.79 Å². The number of rotatable bonds is 5. The van der Waals surface area contributed by atoms with Crippen molar-refractivity contribution in [3.8, 4) is 5.69 Å². The third kappa shape index (κ3) is 3.45. The number of tetrazole rings is 1. The van der Waals surface area contributed by atoms with Crippen LogP contribution >= 0.6 is 11.3 Å². The maximum absolute atomic E-state index is 12.6. The van der Waals surface area contributed by atoms with Crippen LogP contribution in [0.4, 0.5) is 17.1 Å². The van der Waals surface area contributed by atoms with Crippen molar-refractivity contribution in [3.63, 3.8) is 0 Å². The van der Waals surface area contributed by atoms with Crippen LogP contribution < -0.4 is 10.6 Å². The molecule has 4 aromatic rings. The van der Waals surface area contributed by atoms with E-state index in [2.05, 4.69) is 26.2 Å². The second-order valence-corrected chi connectivity index (χ2v) is 6.33. The van der Waals surface area contributed by atoms with Gasteiger partial charge in [-0.1, -0.05) is 18.2 Å². The molecule has 1 amide bonds. The largest absolute Gasteiger partial charge is 0.356 e. The van der Waals surface area contributed by atoms with Crippen LogP contribution in [0.3, 0.4) is 0 Å². The van der Waals surface area contributed by atoms with E-state index in [1.165, 1.54) is 22.3 Å². The SMILES string of the molecule is O=C(Nc1ccc(Nc2ccccc2)cc1)c1sccc1-n1cnnn1. The lowest BCUT2D eigenvalue weighted by Crippen LogP contribution is -2.13. The predicted octanol–water partition coefficient (Wildman–Crippen LogP) is 3.72. The van der Waals surface area contributed by atoms with Crippen LogP contribution in [-0.2, 0) is 0 Å². The highest BCUT2D eigenvalue weighted by Gasteiger charge is 2.15. The van der Waals surface area contributed by atoms with Gasteiger partial charge in [-0.05, 0) is 58.3 Å². The highest BCUT2D eigenvalue weighted by atomic mass is 32.1. The Morgan fingerprint density at radius 2 is 1.65 bits per heavy atom. The van der Waals surface area contributed by atoms with Gasteiger partial charge in [-0.25, -0.2) is 0 Å². The molecule has 2 N–H and O–H groups in total. The van der Waals surface area contributed by atoms with Gasteiger partial charge in [-0.15, -0.1) is 16.4 Å². The Morgan fingerprint density at radius 1 is 0.923 bits per heavy atom. The highest BCUT2D eigenvalue weighted by Crippen LogP contribution is 2.23. The fourth-order valence-corrected chi connectivity index (χ4v) is 3.21. The van der Waals surface area contributed by atoms with Gasteiger partial charge >= 0.3 is 0 Å². The Balaban J connectivity index is 1.46. The second-order valence-electron chi connectivity index (χ2n) is 5.41. The van der Waals surface area contributed by atoms with Crippen LogP contribution in [0.5, 0.6) is 0 Å². The topological polar surface area (TPSA) is 84.7 Å². The molecule has 2 aromatic carbocycles. The summed E-state index contributed by atoms with van der Waals surface area (Å²) in [5.74, 6) is -0.200. The molecule has 26 heavy (non-hydrogen) atoms. The van der Waals surface area contributed by atoms with Crippen molar-refractivity contribution in [2.75, 3.05) is 10.6 Å². The van der Waals surface area contributed by atoms with Gasteiger partial charge < -0.3 is 10.6 Å². The van der Waals surface area contributed by atoms with E-state index in [-0.39, 0.29) is 5.91 Å². The molecule has 7 nitrogen and oxygen atoms in total. The van der Waals surface area contributed by atoms with E-state index in [0.717, 1.165) is 11.4 Å². The molecule has 0 radical (unpaired) electrons.